The molecule has 0 aliphatic carbocycles. The fraction of sp³-hybridized carbons (Fsp3) is 0.611. The van der Waals surface area contributed by atoms with Gasteiger partial charge >= 0.3 is 0 Å². The summed E-state index contributed by atoms with van der Waals surface area (Å²) < 4.78 is 5.57. The molecule has 2 rings (SSSR count). The predicted molar refractivity (Wildman–Crippen MR) is 95.9 cm³/mol. The lowest BCUT2D eigenvalue weighted by atomic mass is 9.79. The summed E-state index contributed by atoms with van der Waals surface area (Å²) in [4.78, 5) is 14.5. The van der Waals surface area contributed by atoms with Gasteiger partial charge in [0.1, 0.15) is 0 Å². The Morgan fingerprint density at radius 1 is 1.35 bits per heavy atom. The van der Waals surface area contributed by atoms with Gasteiger partial charge in [-0.2, -0.15) is 0 Å². The average Bonchev–Trinajstić information content (AvgIpc) is 2.47. The second-order valence-corrected chi connectivity index (χ2v) is 7.17. The fourth-order valence-corrected chi connectivity index (χ4v) is 2.74. The van der Waals surface area contributed by atoms with Gasteiger partial charge in [-0.15, -0.1) is 12.4 Å². The molecular weight excluding hydrogens is 312 g/mol. The molecule has 2 N–H and O–H groups in total. The number of carbonyl (C=O) groups excluding carboxylic acids is 1. The van der Waals surface area contributed by atoms with Crippen LogP contribution in [0.25, 0.3) is 0 Å². The van der Waals surface area contributed by atoms with Crippen molar-refractivity contribution in [3.05, 3.63) is 35.4 Å². The van der Waals surface area contributed by atoms with Crippen LogP contribution in [0.5, 0.6) is 0 Å². The van der Waals surface area contributed by atoms with E-state index in [1.807, 2.05) is 43.0 Å². The number of hydrogen-bond acceptors (Lipinski definition) is 3. The third-order valence-electron chi connectivity index (χ3n) is 4.38. The molecule has 1 atom stereocenters. The van der Waals surface area contributed by atoms with E-state index in [9.17, 15) is 4.79 Å². The number of halogens is 1. The number of hydrogen-bond donors (Lipinski definition) is 1. The van der Waals surface area contributed by atoms with E-state index in [0.29, 0.717) is 13.2 Å². The minimum atomic E-state index is -0.0288. The quantitative estimate of drug-likeness (QED) is 0.915. The van der Waals surface area contributed by atoms with Gasteiger partial charge < -0.3 is 15.4 Å². The molecular formula is C18H29ClN2O2. The second kappa shape index (κ2) is 8.13. The molecule has 1 fully saturated rings. The number of ether oxygens (including phenoxy) is 1. The smallest absolute Gasteiger partial charge is 0.253 e. The summed E-state index contributed by atoms with van der Waals surface area (Å²) in [5.41, 5.74) is 7.94. The summed E-state index contributed by atoms with van der Waals surface area (Å²) in [6.07, 6.45) is 1.07. The van der Waals surface area contributed by atoms with Crippen LogP contribution in [0.3, 0.4) is 0 Å². The van der Waals surface area contributed by atoms with Gasteiger partial charge in [-0.3, -0.25) is 4.79 Å². The molecule has 0 spiro atoms. The summed E-state index contributed by atoms with van der Waals surface area (Å²) in [6.45, 7) is 10.3. The van der Waals surface area contributed by atoms with E-state index in [1.165, 1.54) is 0 Å². The second-order valence-electron chi connectivity index (χ2n) is 7.17. The Morgan fingerprint density at radius 3 is 2.48 bits per heavy atom. The first-order valence-electron chi connectivity index (χ1n) is 8.05. The third-order valence-corrected chi connectivity index (χ3v) is 4.38. The molecule has 0 aromatic heterocycles. The molecule has 1 aliphatic rings. The Morgan fingerprint density at radius 2 is 1.96 bits per heavy atom. The van der Waals surface area contributed by atoms with E-state index in [4.69, 9.17) is 10.5 Å². The first kappa shape index (κ1) is 19.9. The Labute approximate surface area is 145 Å². The zero-order valence-corrected chi connectivity index (χ0v) is 15.4. The van der Waals surface area contributed by atoms with Gasteiger partial charge in [0.25, 0.3) is 5.91 Å². The minimum absolute atomic E-state index is 0. The Bertz CT molecular complexity index is 514. The zero-order valence-electron chi connectivity index (χ0n) is 14.5. The Kier molecular flexibility index (Phi) is 7.05. The van der Waals surface area contributed by atoms with E-state index in [1.54, 1.807) is 0 Å². The molecule has 0 saturated carbocycles. The molecule has 0 radical (unpaired) electrons. The number of amides is 1. The summed E-state index contributed by atoms with van der Waals surface area (Å²) in [5.74, 6) is 0.0938. The minimum Gasteiger partial charge on any atom is -0.374 e. The van der Waals surface area contributed by atoms with Crippen LogP contribution >= 0.6 is 12.4 Å². The fourth-order valence-electron chi connectivity index (χ4n) is 2.74. The maximum absolute atomic E-state index is 12.6. The number of nitrogens with zero attached hydrogens (tertiary/aromatic N) is 1. The molecule has 1 aromatic carbocycles. The lowest BCUT2D eigenvalue weighted by Crippen LogP contribution is -2.53. The van der Waals surface area contributed by atoms with Gasteiger partial charge in [0.15, 0.2) is 0 Å². The van der Waals surface area contributed by atoms with Gasteiger partial charge in [-0.1, -0.05) is 26.0 Å². The van der Waals surface area contributed by atoms with E-state index in [2.05, 4.69) is 13.8 Å². The summed E-state index contributed by atoms with van der Waals surface area (Å²) >= 11 is 0. The Hall–Kier alpha value is -1.10. The van der Waals surface area contributed by atoms with Crippen LogP contribution < -0.4 is 5.73 Å². The summed E-state index contributed by atoms with van der Waals surface area (Å²) in [5, 5.41) is 0. The topological polar surface area (TPSA) is 55.6 Å². The highest BCUT2D eigenvalue weighted by molar-refractivity contribution is 5.94. The first-order valence-corrected chi connectivity index (χ1v) is 8.05. The van der Waals surface area contributed by atoms with Crippen LogP contribution in [0, 0.1) is 5.41 Å². The average molecular weight is 341 g/mol. The van der Waals surface area contributed by atoms with Crippen LogP contribution in [0.15, 0.2) is 24.3 Å². The summed E-state index contributed by atoms with van der Waals surface area (Å²) in [7, 11) is 0. The number of carbonyl (C=O) groups is 1. The largest absolute Gasteiger partial charge is 0.374 e. The number of benzene rings is 1. The van der Waals surface area contributed by atoms with Crippen LogP contribution in [-0.4, -0.2) is 36.0 Å². The molecule has 5 heteroatoms. The van der Waals surface area contributed by atoms with Gasteiger partial charge in [0, 0.05) is 24.7 Å². The molecule has 23 heavy (non-hydrogen) atoms. The van der Waals surface area contributed by atoms with Crippen molar-refractivity contribution in [3.63, 3.8) is 0 Å². The molecule has 4 nitrogen and oxygen atoms in total. The number of likely N-dealkylation sites (tertiary alicyclic amines) is 1. The lowest BCUT2D eigenvalue weighted by molar-refractivity contribution is 0.0532. The first-order chi connectivity index (χ1) is 10.3. The van der Waals surface area contributed by atoms with Gasteiger partial charge in [-0.25, -0.2) is 0 Å². The molecule has 1 aliphatic heterocycles. The maximum atomic E-state index is 12.6. The molecule has 1 heterocycles. The number of rotatable bonds is 4. The lowest BCUT2D eigenvalue weighted by Gasteiger charge is -2.42. The number of nitrogens with two attached hydrogens (primary N) is 1. The van der Waals surface area contributed by atoms with Crippen LogP contribution in [0.1, 0.15) is 50.0 Å². The standard InChI is InChI=1S/C18H28N2O2.ClH/c1-13(2)22-11-14-5-7-15(8-6-14)17(21)20-10-9-16(19)18(3,4)12-20;/h5-8,13,16H,9-12,19H2,1-4H3;1H. The predicted octanol–water partition coefficient (Wildman–Crippen LogP) is 3.23. The van der Waals surface area contributed by atoms with Crippen molar-refractivity contribution in [1.82, 2.24) is 4.90 Å². The van der Waals surface area contributed by atoms with E-state index < -0.39 is 0 Å². The van der Waals surface area contributed by atoms with Crippen LogP contribution in [-0.2, 0) is 11.3 Å². The molecule has 1 saturated heterocycles. The van der Waals surface area contributed by atoms with Crippen molar-refractivity contribution in [1.29, 1.82) is 0 Å². The maximum Gasteiger partial charge on any atom is 0.253 e. The Balaban J connectivity index is 0.00000264. The summed E-state index contributed by atoms with van der Waals surface area (Å²) in [6, 6.07) is 7.88. The zero-order chi connectivity index (χ0) is 16.3. The van der Waals surface area contributed by atoms with Crippen molar-refractivity contribution in [3.8, 4) is 0 Å². The van der Waals surface area contributed by atoms with Crippen molar-refractivity contribution in [2.75, 3.05) is 13.1 Å². The normalized spacial score (nSPS) is 20.3. The molecule has 130 valence electrons. The van der Waals surface area contributed by atoms with E-state index in [-0.39, 0.29) is 35.9 Å². The van der Waals surface area contributed by atoms with Crippen molar-refractivity contribution in [2.45, 2.75) is 52.9 Å². The van der Waals surface area contributed by atoms with E-state index in [0.717, 1.165) is 24.1 Å². The van der Waals surface area contributed by atoms with Gasteiger partial charge in [0.2, 0.25) is 0 Å². The highest BCUT2D eigenvalue weighted by Gasteiger charge is 2.35. The monoisotopic (exact) mass is 340 g/mol. The number of piperidine rings is 1. The molecule has 0 bridgehead atoms. The highest BCUT2D eigenvalue weighted by Crippen LogP contribution is 2.28. The van der Waals surface area contributed by atoms with E-state index >= 15 is 0 Å². The van der Waals surface area contributed by atoms with Gasteiger partial charge in [0.05, 0.1) is 12.7 Å². The van der Waals surface area contributed by atoms with Crippen molar-refractivity contribution >= 4 is 18.3 Å². The molecule has 1 aromatic rings. The van der Waals surface area contributed by atoms with Crippen LogP contribution in [0.4, 0.5) is 0 Å². The van der Waals surface area contributed by atoms with Crippen molar-refractivity contribution < 1.29 is 9.53 Å². The van der Waals surface area contributed by atoms with Gasteiger partial charge in [-0.05, 0) is 43.4 Å². The van der Waals surface area contributed by atoms with Crippen molar-refractivity contribution in [2.24, 2.45) is 11.1 Å². The third kappa shape index (κ3) is 5.20. The SMILES string of the molecule is CC(C)OCc1ccc(C(=O)N2CCC(N)C(C)(C)C2)cc1.Cl. The molecule has 1 unspecified atom stereocenters. The van der Waals surface area contributed by atoms with Crippen LogP contribution in [0.2, 0.25) is 0 Å². The highest BCUT2D eigenvalue weighted by atomic mass is 35.5. The molecule has 1 amide bonds.